The number of hydrogen-bond acceptors (Lipinski definition) is 7. The summed E-state index contributed by atoms with van der Waals surface area (Å²) < 4.78 is 11.1. The fourth-order valence-electron chi connectivity index (χ4n) is 4.74. The van der Waals surface area contributed by atoms with Crippen molar-refractivity contribution in [1.82, 2.24) is 20.4 Å². The van der Waals surface area contributed by atoms with Crippen LogP contribution in [0.1, 0.15) is 68.7 Å². The molecule has 1 aliphatic heterocycles. The molecule has 2 fully saturated rings. The minimum atomic E-state index is 0.150. The van der Waals surface area contributed by atoms with Crippen LogP contribution in [0.4, 0.5) is 5.95 Å². The Labute approximate surface area is 190 Å². The zero-order valence-corrected chi connectivity index (χ0v) is 19.5. The molecule has 1 N–H and O–H groups in total. The van der Waals surface area contributed by atoms with Gasteiger partial charge < -0.3 is 19.5 Å². The first-order valence-electron chi connectivity index (χ1n) is 11.9. The van der Waals surface area contributed by atoms with Crippen molar-refractivity contribution in [3.8, 4) is 11.3 Å². The largest absolute Gasteiger partial charge is 0.378 e. The number of rotatable bonds is 8. The lowest BCUT2D eigenvalue weighted by molar-refractivity contribution is -0.121. The maximum Gasteiger partial charge on any atom is 0.225 e. The number of aromatic nitrogens is 3. The summed E-state index contributed by atoms with van der Waals surface area (Å²) >= 11 is 0. The van der Waals surface area contributed by atoms with Crippen molar-refractivity contribution >= 4 is 11.9 Å². The Morgan fingerprint density at radius 1 is 1.22 bits per heavy atom. The molecule has 2 aromatic rings. The average Bonchev–Trinajstić information content (AvgIpc) is 3.48. The van der Waals surface area contributed by atoms with Crippen molar-refractivity contribution in [2.45, 2.75) is 70.3 Å². The van der Waals surface area contributed by atoms with Crippen LogP contribution >= 0.6 is 0 Å². The van der Waals surface area contributed by atoms with E-state index in [0.29, 0.717) is 24.2 Å². The number of nitrogens with one attached hydrogen (secondary N) is 1. The summed E-state index contributed by atoms with van der Waals surface area (Å²) in [5.41, 5.74) is 2.82. The predicted molar refractivity (Wildman–Crippen MR) is 123 cm³/mol. The number of amides is 1. The molecule has 0 radical (unpaired) electrons. The van der Waals surface area contributed by atoms with Crippen LogP contribution in [0.25, 0.3) is 11.3 Å². The van der Waals surface area contributed by atoms with Crippen LogP contribution in [0.5, 0.6) is 0 Å². The third-order valence-electron chi connectivity index (χ3n) is 6.64. The van der Waals surface area contributed by atoms with Gasteiger partial charge in [-0.25, -0.2) is 9.97 Å². The van der Waals surface area contributed by atoms with Gasteiger partial charge in [0, 0.05) is 51.8 Å². The second kappa shape index (κ2) is 10.4. The summed E-state index contributed by atoms with van der Waals surface area (Å²) in [5, 5.41) is 7.19. The van der Waals surface area contributed by atoms with Crippen molar-refractivity contribution < 1.29 is 14.1 Å². The molecule has 2 aliphatic rings. The maximum absolute atomic E-state index is 12.2. The summed E-state index contributed by atoms with van der Waals surface area (Å²) in [6, 6.07) is 1.94. The van der Waals surface area contributed by atoms with Gasteiger partial charge in [-0.3, -0.25) is 4.79 Å². The van der Waals surface area contributed by atoms with Gasteiger partial charge in [0.25, 0.3) is 0 Å². The zero-order valence-electron chi connectivity index (χ0n) is 19.5. The molecule has 8 heteroatoms. The van der Waals surface area contributed by atoms with Crippen LogP contribution in [0.2, 0.25) is 0 Å². The van der Waals surface area contributed by atoms with E-state index in [1.165, 1.54) is 0 Å². The highest BCUT2D eigenvalue weighted by molar-refractivity contribution is 5.75. The topological polar surface area (TPSA) is 93.4 Å². The number of carbonyl (C=O) groups excluding carboxylic acids is 1. The molecule has 0 bridgehead atoms. The predicted octanol–water partition coefficient (Wildman–Crippen LogP) is 3.86. The molecule has 1 atom stereocenters. The molecule has 0 spiro atoms. The number of anilines is 1. The van der Waals surface area contributed by atoms with E-state index in [1.54, 1.807) is 0 Å². The molecule has 1 amide bonds. The molecule has 4 rings (SSSR count). The second-order valence-corrected chi connectivity index (χ2v) is 9.39. The minimum absolute atomic E-state index is 0.150. The Morgan fingerprint density at radius 2 is 2.03 bits per heavy atom. The molecule has 1 saturated carbocycles. The summed E-state index contributed by atoms with van der Waals surface area (Å²) in [6.45, 7) is 3.52. The summed E-state index contributed by atoms with van der Waals surface area (Å²) in [4.78, 5) is 23.5. The third-order valence-corrected chi connectivity index (χ3v) is 6.64. The van der Waals surface area contributed by atoms with Gasteiger partial charge in [-0.1, -0.05) is 5.16 Å². The smallest absolute Gasteiger partial charge is 0.225 e. The summed E-state index contributed by atoms with van der Waals surface area (Å²) in [7, 11) is 3.91. The van der Waals surface area contributed by atoms with Crippen LogP contribution < -0.4 is 10.2 Å². The highest BCUT2D eigenvalue weighted by atomic mass is 16.5. The van der Waals surface area contributed by atoms with Crippen LogP contribution in [0, 0.1) is 12.8 Å². The normalized spacial score (nSPS) is 23.3. The highest BCUT2D eigenvalue weighted by Gasteiger charge is 2.28. The van der Waals surface area contributed by atoms with Gasteiger partial charge in [-0.2, -0.15) is 0 Å². The van der Waals surface area contributed by atoms with Crippen LogP contribution in [0.3, 0.4) is 0 Å². The lowest BCUT2D eigenvalue weighted by Gasteiger charge is -2.29. The van der Waals surface area contributed by atoms with E-state index in [-0.39, 0.29) is 12.0 Å². The third kappa shape index (κ3) is 5.65. The molecule has 8 nitrogen and oxygen atoms in total. The molecular weight excluding hydrogens is 406 g/mol. The zero-order chi connectivity index (χ0) is 22.5. The molecule has 174 valence electrons. The Hall–Kier alpha value is -2.48. The number of ether oxygens (including phenoxy) is 1. The molecule has 0 aromatic carbocycles. The van der Waals surface area contributed by atoms with Gasteiger partial charge >= 0.3 is 0 Å². The Kier molecular flexibility index (Phi) is 7.40. The standard InChI is InChI=1S/C24H35N5O3/c1-16-13-21(32-28-16)20-15-26-24(29(2)3)27-23(20)18-8-6-17(7-9-18)14-25-22(30)11-10-19-5-4-12-31-19/h13,15,17-19H,4-12,14H2,1-3H3,(H,25,30)/t17?,18?,19-/m0/s1. The first-order chi connectivity index (χ1) is 15.5. The molecular formula is C24H35N5O3. The quantitative estimate of drug-likeness (QED) is 0.665. The Balaban J connectivity index is 1.33. The van der Waals surface area contributed by atoms with Crippen LogP contribution in [-0.4, -0.2) is 54.4 Å². The van der Waals surface area contributed by atoms with E-state index < -0.39 is 0 Å². The van der Waals surface area contributed by atoms with Gasteiger partial charge in [0.15, 0.2) is 5.76 Å². The maximum atomic E-state index is 12.2. The van der Waals surface area contributed by atoms with Gasteiger partial charge in [0.2, 0.25) is 11.9 Å². The van der Waals surface area contributed by atoms with Crippen molar-refractivity contribution in [2.24, 2.45) is 5.92 Å². The average molecular weight is 442 g/mol. The number of carbonyl (C=O) groups is 1. The first-order valence-corrected chi connectivity index (χ1v) is 11.9. The van der Waals surface area contributed by atoms with E-state index in [4.69, 9.17) is 14.2 Å². The van der Waals surface area contributed by atoms with E-state index in [0.717, 1.165) is 80.8 Å². The molecule has 2 aromatic heterocycles. The first kappa shape index (κ1) is 22.7. The molecule has 3 heterocycles. The van der Waals surface area contributed by atoms with Crippen molar-refractivity contribution in [2.75, 3.05) is 32.1 Å². The lowest BCUT2D eigenvalue weighted by atomic mass is 9.79. The van der Waals surface area contributed by atoms with E-state index in [1.807, 2.05) is 38.2 Å². The molecule has 1 aliphatic carbocycles. The van der Waals surface area contributed by atoms with Crippen molar-refractivity contribution in [3.63, 3.8) is 0 Å². The number of aryl methyl sites for hydroxylation is 1. The Morgan fingerprint density at radius 3 is 2.69 bits per heavy atom. The van der Waals surface area contributed by atoms with Crippen molar-refractivity contribution in [3.05, 3.63) is 23.7 Å². The fourth-order valence-corrected chi connectivity index (χ4v) is 4.74. The molecule has 32 heavy (non-hydrogen) atoms. The van der Waals surface area contributed by atoms with Crippen LogP contribution in [-0.2, 0) is 9.53 Å². The SMILES string of the molecule is Cc1cc(-c2cnc(N(C)C)nc2C2CCC(CNC(=O)CC[C@@H]3CCCO3)CC2)on1. The lowest BCUT2D eigenvalue weighted by Crippen LogP contribution is -2.31. The number of hydrogen-bond donors (Lipinski definition) is 1. The molecule has 0 unspecified atom stereocenters. The van der Waals surface area contributed by atoms with Gasteiger partial charge in [-0.15, -0.1) is 0 Å². The minimum Gasteiger partial charge on any atom is -0.378 e. The second-order valence-electron chi connectivity index (χ2n) is 9.39. The van der Waals surface area contributed by atoms with E-state index in [9.17, 15) is 4.79 Å². The number of nitrogens with zero attached hydrogens (tertiary/aromatic N) is 4. The van der Waals surface area contributed by atoms with Gasteiger partial charge in [-0.05, 0) is 57.8 Å². The van der Waals surface area contributed by atoms with E-state index in [2.05, 4.69) is 15.5 Å². The van der Waals surface area contributed by atoms with Gasteiger partial charge in [0.1, 0.15) is 0 Å². The van der Waals surface area contributed by atoms with Gasteiger partial charge in [0.05, 0.1) is 23.1 Å². The fraction of sp³-hybridized carbons (Fsp3) is 0.667. The van der Waals surface area contributed by atoms with Crippen molar-refractivity contribution in [1.29, 1.82) is 0 Å². The van der Waals surface area contributed by atoms with Crippen LogP contribution in [0.15, 0.2) is 16.8 Å². The summed E-state index contributed by atoms with van der Waals surface area (Å²) in [5.74, 6) is 2.45. The highest BCUT2D eigenvalue weighted by Crippen LogP contribution is 2.39. The van der Waals surface area contributed by atoms with E-state index >= 15 is 0 Å². The monoisotopic (exact) mass is 441 g/mol. The summed E-state index contributed by atoms with van der Waals surface area (Å²) in [6.07, 6.45) is 9.98. The molecule has 1 saturated heterocycles. The Bertz CT molecular complexity index is 899.